The SMILES string of the molecule is CC1CCN(/C=C(/C#N)C(=O)Nc2ccc(Br)cc2)CC1. The summed E-state index contributed by atoms with van der Waals surface area (Å²) < 4.78 is 0.944. The van der Waals surface area contributed by atoms with Gasteiger partial charge in [-0.15, -0.1) is 0 Å². The van der Waals surface area contributed by atoms with Crippen LogP contribution in [-0.4, -0.2) is 23.9 Å². The zero-order valence-electron chi connectivity index (χ0n) is 12.0. The summed E-state index contributed by atoms with van der Waals surface area (Å²) in [7, 11) is 0. The molecule has 0 aromatic heterocycles. The fraction of sp³-hybridized carbons (Fsp3) is 0.375. The second-order valence-electron chi connectivity index (χ2n) is 5.33. The summed E-state index contributed by atoms with van der Waals surface area (Å²) in [6, 6.07) is 9.26. The summed E-state index contributed by atoms with van der Waals surface area (Å²) in [5.41, 5.74) is 0.823. The molecule has 1 aliphatic heterocycles. The Hall–Kier alpha value is -1.80. The third-order valence-electron chi connectivity index (χ3n) is 3.60. The molecule has 1 saturated heterocycles. The highest BCUT2D eigenvalue weighted by Crippen LogP contribution is 2.18. The molecule has 1 heterocycles. The minimum absolute atomic E-state index is 0.146. The maximum absolute atomic E-state index is 12.1. The van der Waals surface area contributed by atoms with Crippen molar-refractivity contribution in [2.24, 2.45) is 5.92 Å². The molecule has 1 N–H and O–H groups in total. The van der Waals surface area contributed by atoms with Crippen LogP contribution in [0.25, 0.3) is 0 Å². The Bertz CT molecular complexity index is 566. The van der Waals surface area contributed by atoms with Crippen LogP contribution in [-0.2, 0) is 4.79 Å². The van der Waals surface area contributed by atoms with Crippen LogP contribution >= 0.6 is 15.9 Å². The van der Waals surface area contributed by atoms with Crippen molar-refractivity contribution in [2.45, 2.75) is 19.8 Å². The number of nitriles is 1. The number of anilines is 1. The summed E-state index contributed by atoms with van der Waals surface area (Å²) >= 11 is 3.34. The van der Waals surface area contributed by atoms with Crippen LogP contribution in [0.15, 0.2) is 40.5 Å². The minimum atomic E-state index is -0.363. The molecule has 0 aliphatic carbocycles. The van der Waals surface area contributed by atoms with Crippen molar-refractivity contribution in [3.63, 3.8) is 0 Å². The van der Waals surface area contributed by atoms with Crippen LogP contribution in [0.2, 0.25) is 0 Å². The number of benzene rings is 1. The Labute approximate surface area is 133 Å². The van der Waals surface area contributed by atoms with Crippen LogP contribution < -0.4 is 5.32 Å². The topological polar surface area (TPSA) is 56.1 Å². The number of carbonyl (C=O) groups is 1. The fourth-order valence-electron chi connectivity index (χ4n) is 2.21. The van der Waals surface area contributed by atoms with Gasteiger partial charge < -0.3 is 10.2 Å². The second-order valence-corrected chi connectivity index (χ2v) is 6.25. The van der Waals surface area contributed by atoms with Crippen molar-refractivity contribution in [3.05, 3.63) is 40.5 Å². The van der Waals surface area contributed by atoms with Gasteiger partial charge in [-0.2, -0.15) is 5.26 Å². The van der Waals surface area contributed by atoms with E-state index in [1.807, 2.05) is 18.2 Å². The first-order valence-corrected chi connectivity index (χ1v) is 7.80. The van der Waals surface area contributed by atoms with Gasteiger partial charge in [-0.3, -0.25) is 4.79 Å². The van der Waals surface area contributed by atoms with E-state index in [2.05, 4.69) is 33.1 Å². The molecular weight excluding hydrogens is 330 g/mol. The van der Waals surface area contributed by atoms with E-state index in [4.69, 9.17) is 0 Å². The Balaban J connectivity index is 2.01. The highest BCUT2D eigenvalue weighted by molar-refractivity contribution is 9.10. The molecule has 1 aliphatic rings. The normalized spacial score (nSPS) is 16.4. The summed E-state index contributed by atoms with van der Waals surface area (Å²) in [6.07, 6.45) is 3.88. The van der Waals surface area contributed by atoms with E-state index < -0.39 is 0 Å². The number of hydrogen-bond donors (Lipinski definition) is 1. The van der Waals surface area contributed by atoms with Gasteiger partial charge in [-0.1, -0.05) is 22.9 Å². The maximum Gasteiger partial charge on any atom is 0.267 e. The molecule has 2 rings (SSSR count). The largest absolute Gasteiger partial charge is 0.376 e. The predicted molar refractivity (Wildman–Crippen MR) is 86.4 cm³/mol. The minimum Gasteiger partial charge on any atom is -0.376 e. The summed E-state index contributed by atoms with van der Waals surface area (Å²) in [4.78, 5) is 14.2. The lowest BCUT2D eigenvalue weighted by molar-refractivity contribution is -0.112. The van der Waals surface area contributed by atoms with Crippen molar-refractivity contribution in [2.75, 3.05) is 18.4 Å². The van der Waals surface area contributed by atoms with E-state index >= 15 is 0 Å². The fourth-order valence-corrected chi connectivity index (χ4v) is 2.47. The molecule has 1 fully saturated rings. The lowest BCUT2D eigenvalue weighted by Gasteiger charge is -2.29. The van der Waals surface area contributed by atoms with Crippen molar-refractivity contribution < 1.29 is 4.79 Å². The third-order valence-corrected chi connectivity index (χ3v) is 4.13. The molecule has 0 bridgehead atoms. The molecule has 5 heteroatoms. The molecule has 0 radical (unpaired) electrons. The van der Waals surface area contributed by atoms with Gasteiger partial charge in [-0.05, 0) is 43.0 Å². The van der Waals surface area contributed by atoms with Crippen LogP contribution in [0, 0.1) is 17.2 Å². The number of hydrogen-bond acceptors (Lipinski definition) is 3. The van der Waals surface area contributed by atoms with E-state index in [0.29, 0.717) is 5.69 Å². The monoisotopic (exact) mass is 347 g/mol. The van der Waals surface area contributed by atoms with Crippen LogP contribution in [0.1, 0.15) is 19.8 Å². The predicted octanol–water partition coefficient (Wildman–Crippen LogP) is 3.53. The van der Waals surface area contributed by atoms with Crippen molar-refractivity contribution in [1.82, 2.24) is 4.90 Å². The number of amides is 1. The number of nitrogens with zero attached hydrogens (tertiary/aromatic N) is 2. The number of carbonyl (C=O) groups excluding carboxylic acids is 1. The van der Waals surface area contributed by atoms with Crippen molar-refractivity contribution in [3.8, 4) is 6.07 Å². The van der Waals surface area contributed by atoms with Crippen LogP contribution in [0.4, 0.5) is 5.69 Å². The van der Waals surface area contributed by atoms with Crippen LogP contribution in [0.3, 0.4) is 0 Å². The zero-order valence-corrected chi connectivity index (χ0v) is 13.6. The molecule has 21 heavy (non-hydrogen) atoms. The Morgan fingerprint density at radius 3 is 2.57 bits per heavy atom. The lowest BCUT2D eigenvalue weighted by atomic mass is 9.99. The second kappa shape index (κ2) is 7.28. The van der Waals surface area contributed by atoms with E-state index in [-0.39, 0.29) is 11.5 Å². The first-order chi connectivity index (χ1) is 10.1. The average molecular weight is 348 g/mol. The summed E-state index contributed by atoms with van der Waals surface area (Å²) in [5.74, 6) is 0.357. The van der Waals surface area contributed by atoms with E-state index in [1.165, 1.54) is 0 Å². The highest BCUT2D eigenvalue weighted by Gasteiger charge is 2.16. The third kappa shape index (κ3) is 4.61. The lowest BCUT2D eigenvalue weighted by Crippen LogP contribution is -2.29. The smallest absolute Gasteiger partial charge is 0.267 e. The standard InChI is InChI=1S/C16H18BrN3O/c1-12-6-8-20(9-7-12)11-13(10-18)16(21)19-15-4-2-14(17)3-5-15/h2-5,11-12H,6-9H2,1H3,(H,19,21)/b13-11-. The van der Waals surface area contributed by atoms with Gasteiger partial charge in [0.15, 0.2) is 0 Å². The first kappa shape index (κ1) is 15.6. The molecule has 0 saturated carbocycles. The van der Waals surface area contributed by atoms with Gasteiger partial charge >= 0.3 is 0 Å². The van der Waals surface area contributed by atoms with Gasteiger partial charge in [0.2, 0.25) is 0 Å². The van der Waals surface area contributed by atoms with Gasteiger partial charge in [-0.25, -0.2) is 0 Å². The van der Waals surface area contributed by atoms with E-state index in [0.717, 1.165) is 36.3 Å². The quantitative estimate of drug-likeness (QED) is 0.672. The molecule has 1 aromatic rings. The van der Waals surface area contributed by atoms with Crippen molar-refractivity contribution >= 4 is 27.5 Å². The number of nitrogens with one attached hydrogen (secondary N) is 1. The van der Waals surface area contributed by atoms with Gasteiger partial charge in [0.05, 0.1) is 0 Å². The molecule has 0 spiro atoms. The van der Waals surface area contributed by atoms with Crippen LogP contribution in [0.5, 0.6) is 0 Å². The zero-order chi connectivity index (χ0) is 15.2. The molecule has 110 valence electrons. The number of piperidine rings is 1. The number of halogens is 1. The number of rotatable bonds is 3. The van der Waals surface area contributed by atoms with Gasteiger partial charge in [0.1, 0.15) is 11.6 Å². The first-order valence-electron chi connectivity index (χ1n) is 7.01. The molecular formula is C16H18BrN3O. The maximum atomic E-state index is 12.1. The number of likely N-dealkylation sites (tertiary alicyclic amines) is 1. The Morgan fingerprint density at radius 2 is 2.00 bits per heavy atom. The van der Waals surface area contributed by atoms with E-state index in [1.54, 1.807) is 18.3 Å². The highest BCUT2D eigenvalue weighted by atomic mass is 79.9. The average Bonchev–Trinajstić information content (AvgIpc) is 2.49. The molecule has 1 amide bonds. The molecule has 0 unspecified atom stereocenters. The van der Waals surface area contributed by atoms with Gasteiger partial charge in [0, 0.05) is 29.4 Å². The molecule has 1 aromatic carbocycles. The Morgan fingerprint density at radius 1 is 1.38 bits per heavy atom. The van der Waals surface area contributed by atoms with Gasteiger partial charge in [0.25, 0.3) is 5.91 Å². The van der Waals surface area contributed by atoms with E-state index in [9.17, 15) is 10.1 Å². The Kier molecular flexibility index (Phi) is 5.40. The molecule has 0 atom stereocenters. The van der Waals surface area contributed by atoms with Crippen molar-refractivity contribution in [1.29, 1.82) is 5.26 Å². The summed E-state index contributed by atoms with van der Waals surface area (Å²) in [6.45, 7) is 4.03. The molecule has 4 nitrogen and oxygen atoms in total. The summed E-state index contributed by atoms with van der Waals surface area (Å²) in [5, 5.41) is 11.9.